The minimum absolute atomic E-state index is 0.0642. The summed E-state index contributed by atoms with van der Waals surface area (Å²) in [5.41, 5.74) is -0.245. The maximum atomic E-state index is 12.1. The first-order valence-corrected chi connectivity index (χ1v) is 11.0. The third-order valence-electron chi connectivity index (χ3n) is 3.80. The summed E-state index contributed by atoms with van der Waals surface area (Å²) in [6.07, 6.45) is -0.0642. The van der Waals surface area contributed by atoms with Crippen LogP contribution in [0.5, 0.6) is 5.75 Å². The van der Waals surface area contributed by atoms with E-state index in [9.17, 15) is 9.59 Å². The lowest BCUT2D eigenvalue weighted by Crippen LogP contribution is -2.15. The van der Waals surface area contributed by atoms with Gasteiger partial charge in [-0.25, -0.2) is 14.6 Å². The Bertz CT molecular complexity index is 1220. The smallest absolute Gasteiger partial charge is 0.442 e. The summed E-state index contributed by atoms with van der Waals surface area (Å²) < 4.78 is 11.9. The average molecular weight is 537 g/mol. The minimum atomic E-state index is -1.18. The van der Waals surface area contributed by atoms with E-state index in [0.717, 1.165) is 4.68 Å². The van der Waals surface area contributed by atoms with Crippen LogP contribution in [0, 0.1) is 0 Å². The highest BCUT2D eigenvalue weighted by Crippen LogP contribution is 2.33. The summed E-state index contributed by atoms with van der Waals surface area (Å²) >= 11 is 23.2. The fraction of sp³-hybridized carbons (Fsp3) is 0.333. The number of pyridine rings is 1. The van der Waals surface area contributed by atoms with Crippen molar-refractivity contribution in [2.45, 2.75) is 46.1 Å². The Kier molecular flexibility index (Phi) is 8.81. The molecule has 2 heterocycles. The summed E-state index contributed by atoms with van der Waals surface area (Å²) in [5, 5.41) is 13.6. The number of rotatable bonds is 4. The van der Waals surface area contributed by atoms with Crippen molar-refractivity contribution in [2.24, 2.45) is 0 Å². The summed E-state index contributed by atoms with van der Waals surface area (Å²) in [7, 11) is 0. The van der Waals surface area contributed by atoms with Crippen LogP contribution < -0.4 is 10.5 Å². The van der Waals surface area contributed by atoms with E-state index in [0.29, 0.717) is 22.4 Å². The molecule has 1 N–H and O–H groups in total. The Morgan fingerprint density at radius 2 is 1.73 bits per heavy atom. The second-order valence-corrected chi connectivity index (χ2v) is 9.61. The van der Waals surface area contributed by atoms with Gasteiger partial charge in [0.05, 0.1) is 26.9 Å². The molecule has 3 aromatic rings. The van der Waals surface area contributed by atoms with E-state index >= 15 is 0 Å². The zero-order chi connectivity index (χ0) is 25.1. The summed E-state index contributed by atoms with van der Waals surface area (Å²) in [5.74, 6) is -1.03. The molecule has 3 rings (SSSR count). The predicted molar refractivity (Wildman–Crippen MR) is 128 cm³/mol. The van der Waals surface area contributed by atoms with Gasteiger partial charge in [-0.2, -0.15) is 4.68 Å². The third-order valence-corrected chi connectivity index (χ3v) is 4.91. The van der Waals surface area contributed by atoms with Crippen molar-refractivity contribution in [3.05, 3.63) is 66.6 Å². The normalized spacial score (nSPS) is 11.2. The fourth-order valence-electron chi connectivity index (χ4n) is 2.33. The Morgan fingerprint density at radius 3 is 2.21 bits per heavy atom. The van der Waals surface area contributed by atoms with Gasteiger partial charge in [0.1, 0.15) is 10.9 Å². The molecule has 0 aliphatic carbocycles. The second-order valence-electron chi connectivity index (χ2n) is 8.01. The fourth-order valence-corrected chi connectivity index (χ4v) is 3.17. The molecule has 178 valence electrons. The number of benzene rings is 1. The lowest BCUT2D eigenvalue weighted by Gasteiger charge is -2.13. The van der Waals surface area contributed by atoms with Gasteiger partial charge in [0.25, 0.3) is 0 Å². The summed E-state index contributed by atoms with van der Waals surface area (Å²) in [6, 6.07) is 5.92. The largest absolute Gasteiger partial charge is 0.489 e. The maximum Gasteiger partial charge on any atom is 0.442 e. The maximum absolute atomic E-state index is 12.1. The van der Waals surface area contributed by atoms with Crippen molar-refractivity contribution < 1.29 is 19.1 Å². The van der Waals surface area contributed by atoms with Crippen molar-refractivity contribution in [2.75, 3.05) is 0 Å². The molecule has 0 atom stereocenters. The van der Waals surface area contributed by atoms with E-state index in [1.165, 1.54) is 18.2 Å². The Morgan fingerprint density at radius 1 is 1.09 bits per heavy atom. The predicted octanol–water partition coefficient (Wildman–Crippen LogP) is 6.30. The Balaban J connectivity index is 0.000000294. The number of ether oxygens (including phenoxy) is 1. The number of hydrogen-bond acceptors (Lipinski definition) is 6. The molecule has 0 amide bonds. The lowest BCUT2D eigenvalue weighted by atomic mass is 9.97. The van der Waals surface area contributed by atoms with Crippen LogP contribution in [0.4, 0.5) is 0 Å². The lowest BCUT2D eigenvalue weighted by molar-refractivity contribution is 0.0690. The van der Waals surface area contributed by atoms with Gasteiger partial charge in [0.15, 0.2) is 5.69 Å². The van der Waals surface area contributed by atoms with Gasteiger partial charge in [0.2, 0.25) is 5.89 Å². The van der Waals surface area contributed by atoms with Gasteiger partial charge in [-0.05, 0) is 32.0 Å². The molecule has 0 saturated heterocycles. The van der Waals surface area contributed by atoms with Crippen molar-refractivity contribution in [1.82, 2.24) is 14.8 Å². The van der Waals surface area contributed by atoms with Crippen LogP contribution in [0.25, 0.3) is 5.69 Å². The van der Waals surface area contributed by atoms with E-state index in [-0.39, 0.29) is 32.4 Å². The molecule has 0 unspecified atom stereocenters. The van der Waals surface area contributed by atoms with Crippen LogP contribution in [-0.4, -0.2) is 31.9 Å². The van der Waals surface area contributed by atoms with Crippen LogP contribution in [0.2, 0.25) is 20.2 Å². The van der Waals surface area contributed by atoms with Gasteiger partial charge < -0.3 is 14.3 Å². The van der Waals surface area contributed by atoms with Gasteiger partial charge in [-0.3, -0.25) is 0 Å². The van der Waals surface area contributed by atoms with Gasteiger partial charge >= 0.3 is 11.7 Å². The number of carboxylic acids is 1. The van der Waals surface area contributed by atoms with E-state index in [1.54, 1.807) is 6.07 Å². The number of aromatic nitrogens is 3. The van der Waals surface area contributed by atoms with Gasteiger partial charge in [-0.15, -0.1) is 5.10 Å². The first-order chi connectivity index (χ1) is 15.2. The SMILES string of the molecule is CC(C)Oc1cc(-n2nc(C(C)(C)C)oc2=O)c(Cl)cc1Cl.O=C(O)c1nc(Cl)ccc1Cl. The summed E-state index contributed by atoms with van der Waals surface area (Å²) in [4.78, 5) is 25.9. The monoisotopic (exact) mass is 535 g/mol. The van der Waals surface area contributed by atoms with Gasteiger partial charge in [-0.1, -0.05) is 67.2 Å². The van der Waals surface area contributed by atoms with Crippen LogP contribution >= 0.6 is 46.4 Å². The minimum Gasteiger partial charge on any atom is -0.489 e. The van der Waals surface area contributed by atoms with Crippen molar-refractivity contribution in [3.63, 3.8) is 0 Å². The molecule has 0 spiro atoms. The van der Waals surface area contributed by atoms with Crippen LogP contribution in [0.15, 0.2) is 33.5 Å². The molecule has 0 fully saturated rings. The Labute approximate surface area is 210 Å². The van der Waals surface area contributed by atoms with E-state index in [1.807, 2.05) is 34.6 Å². The highest BCUT2D eigenvalue weighted by molar-refractivity contribution is 6.36. The number of halogens is 4. The highest BCUT2D eigenvalue weighted by atomic mass is 35.5. The van der Waals surface area contributed by atoms with Crippen molar-refractivity contribution in [3.8, 4) is 11.4 Å². The molecular weight excluding hydrogens is 516 g/mol. The van der Waals surface area contributed by atoms with E-state index in [2.05, 4.69) is 10.1 Å². The van der Waals surface area contributed by atoms with Crippen molar-refractivity contribution >= 4 is 52.4 Å². The second kappa shape index (κ2) is 10.8. The molecule has 1 aromatic carbocycles. The number of hydrogen-bond donors (Lipinski definition) is 1. The first kappa shape index (κ1) is 27.0. The van der Waals surface area contributed by atoms with E-state index < -0.39 is 11.7 Å². The molecule has 0 saturated carbocycles. The standard InChI is InChI=1S/C15H18Cl2N2O3.C6H3Cl2NO2/c1-8(2)21-12-7-11(9(16)6-10(12)17)19-14(20)22-13(18-19)15(3,4)5;7-3-1-2-4(8)9-5(3)6(10)11/h6-8H,1-5H3;1-2H,(H,10,11). The van der Waals surface area contributed by atoms with Crippen LogP contribution in [0.3, 0.4) is 0 Å². The van der Waals surface area contributed by atoms with E-state index in [4.69, 9.17) is 60.7 Å². The first-order valence-electron chi connectivity index (χ1n) is 9.52. The van der Waals surface area contributed by atoms with Crippen molar-refractivity contribution in [1.29, 1.82) is 0 Å². The molecule has 0 radical (unpaired) electrons. The number of nitrogens with zero attached hydrogens (tertiary/aromatic N) is 3. The zero-order valence-electron chi connectivity index (χ0n) is 18.3. The van der Waals surface area contributed by atoms with Gasteiger partial charge in [0, 0.05) is 11.5 Å². The topological polar surface area (TPSA) is 107 Å². The zero-order valence-corrected chi connectivity index (χ0v) is 21.3. The number of carboxylic acid groups (broad SMARTS) is 1. The molecule has 8 nitrogen and oxygen atoms in total. The molecule has 0 aliphatic rings. The van der Waals surface area contributed by atoms with Crippen LogP contribution in [-0.2, 0) is 5.41 Å². The Hall–Kier alpha value is -2.26. The molecule has 2 aromatic heterocycles. The number of aromatic carboxylic acids is 1. The molecular formula is C21H21Cl4N3O5. The average Bonchev–Trinajstić information content (AvgIpc) is 3.08. The van der Waals surface area contributed by atoms with Crippen LogP contribution in [0.1, 0.15) is 51.0 Å². The number of carbonyl (C=O) groups is 1. The third kappa shape index (κ3) is 7.11. The quantitative estimate of drug-likeness (QED) is 0.389. The summed E-state index contributed by atoms with van der Waals surface area (Å²) in [6.45, 7) is 9.47. The molecule has 33 heavy (non-hydrogen) atoms. The molecule has 0 bridgehead atoms. The highest BCUT2D eigenvalue weighted by Gasteiger charge is 2.24. The molecule has 0 aliphatic heterocycles. The molecule has 12 heteroatoms.